The Bertz CT molecular complexity index is 1150. The minimum Gasteiger partial charge on any atom is -0.319 e. The van der Waals surface area contributed by atoms with Crippen molar-refractivity contribution in [1.29, 1.82) is 0 Å². The Kier molecular flexibility index (Phi) is 5.67. The van der Waals surface area contributed by atoms with Crippen LogP contribution in [0.15, 0.2) is 71.6 Å². The molecule has 0 saturated heterocycles. The number of para-hydroxylation sites is 2. The molecule has 0 bridgehead atoms. The SMILES string of the molecule is Cc1ccccc1NS(=O)(=O)c1cc(C(=O)Nc2ccccc2F)ccc1Cl. The van der Waals surface area contributed by atoms with Crippen LogP contribution >= 0.6 is 11.6 Å². The topological polar surface area (TPSA) is 75.3 Å². The van der Waals surface area contributed by atoms with Crippen molar-refractivity contribution in [3.8, 4) is 0 Å². The molecule has 8 heteroatoms. The summed E-state index contributed by atoms with van der Waals surface area (Å²) < 4.78 is 41.8. The molecule has 0 radical (unpaired) electrons. The quantitative estimate of drug-likeness (QED) is 0.622. The summed E-state index contributed by atoms with van der Waals surface area (Å²) in [6.45, 7) is 1.76. The molecular weight excluding hydrogens is 403 g/mol. The van der Waals surface area contributed by atoms with Gasteiger partial charge in [-0.25, -0.2) is 12.8 Å². The van der Waals surface area contributed by atoms with Crippen LogP contribution in [0.25, 0.3) is 0 Å². The predicted molar refractivity (Wildman–Crippen MR) is 108 cm³/mol. The zero-order chi connectivity index (χ0) is 20.3. The first kappa shape index (κ1) is 19.9. The van der Waals surface area contributed by atoms with Gasteiger partial charge >= 0.3 is 0 Å². The van der Waals surface area contributed by atoms with Gasteiger partial charge in [-0.15, -0.1) is 0 Å². The lowest BCUT2D eigenvalue weighted by molar-refractivity contribution is 0.102. The number of amides is 1. The molecular formula is C20H16ClFN2O3S. The number of aryl methyl sites for hydroxylation is 1. The third-order valence-corrected chi connectivity index (χ3v) is 5.84. The number of hydrogen-bond donors (Lipinski definition) is 2. The van der Waals surface area contributed by atoms with Gasteiger partial charge in [0, 0.05) is 5.56 Å². The fraction of sp³-hybridized carbons (Fsp3) is 0.0500. The highest BCUT2D eigenvalue weighted by molar-refractivity contribution is 7.92. The van der Waals surface area contributed by atoms with Crippen molar-refractivity contribution in [1.82, 2.24) is 0 Å². The summed E-state index contributed by atoms with van der Waals surface area (Å²) in [5.74, 6) is -1.26. The van der Waals surface area contributed by atoms with E-state index >= 15 is 0 Å². The van der Waals surface area contributed by atoms with Gasteiger partial charge in [0.1, 0.15) is 10.7 Å². The molecule has 5 nitrogen and oxygen atoms in total. The first-order chi connectivity index (χ1) is 13.3. The van der Waals surface area contributed by atoms with Crippen LogP contribution in [-0.2, 0) is 10.0 Å². The zero-order valence-corrected chi connectivity index (χ0v) is 16.3. The second kappa shape index (κ2) is 8.00. The molecule has 0 aliphatic rings. The van der Waals surface area contributed by atoms with E-state index < -0.39 is 21.7 Å². The van der Waals surface area contributed by atoms with Crippen LogP contribution in [0.2, 0.25) is 5.02 Å². The van der Waals surface area contributed by atoms with Crippen LogP contribution in [0.1, 0.15) is 15.9 Å². The molecule has 0 atom stereocenters. The van der Waals surface area contributed by atoms with Gasteiger partial charge in [0.25, 0.3) is 15.9 Å². The third kappa shape index (κ3) is 4.32. The van der Waals surface area contributed by atoms with Crippen LogP contribution in [0.5, 0.6) is 0 Å². The maximum Gasteiger partial charge on any atom is 0.263 e. The maximum absolute atomic E-state index is 13.7. The second-order valence-electron chi connectivity index (χ2n) is 6.00. The van der Waals surface area contributed by atoms with E-state index in [9.17, 15) is 17.6 Å². The standard InChI is InChI=1S/C20H16ClFN2O3S/c1-13-6-2-4-8-17(13)24-28(26,27)19-12-14(10-11-15(19)21)20(25)23-18-9-5-3-7-16(18)22/h2-12,24H,1H3,(H,23,25). The molecule has 0 aliphatic carbocycles. The Hall–Kier alpha value is -2.90. The summed E-state index contributed by atoms with van der Waals surface area (Å²) in [4.78, 5) is 12.2. The molecule has 0 unspecified atom stereocenters. The van der Waals surface area contributed by atoms with Crippen molar-refractivity contribution in [3.63, 3.8) is 0 Å². The highest BCUT2D eigenvalue weighted by Crippen LogP contribution is 2.26. The van der Waals surface area contributed by atoms with Gasteiger partial charge in [-0.2, -0.15) is 0 Å². The Morgan fingerprint density at radius 2 is 1.61 bits per heavy atom. The molecule has 3 aromatic rings. The second-order valence-corrected chi connectivity index (χ2v) is 8.06. The maximum atomic E-state index is 13.7. The minimum atomic E-state index is -4.04. The van der Waals surface area contributed by atoms with E-state index in [4.69, 9.17) is 11.6 Å². The summed E-state index contributed by atoms with van der Waals surface area (Å²) in [5, 5.41) is 2.37. The van der Waals surface area contributed by atoms with Gasteiger partial charge in [-0.3, -0.25) is 9.52 Å². The van der Waals surface area contributed by atoms with Crippen molar-refractivity contribution >= 4 is 38.9 Å². The van der Waals surface area contributed by atoms with Crippen molar-refractivity contribution in [2.24, 2.45) is 0 Å². The van der Waals surface area contributed by atoms with Gasteiger partial charge < -0.3 is 5.32 Å². The first-order valence-corrected chi connectivity index (χ1v) is 10.1. The normalized spacial score (nSPS) is 11.1. The van der Waals surface area contributed by atoms with E-state index in [1.807, 2.05) is 0 Å². The average molecular weight is 419 g/mol. The molecule has 144 valence electrons. The summed E-state index contributed by atoms with van der Waals surface area (Å²) in [6.07, 6.45) is 0. The summed E-state index contributed by atoms with van der Waals surface area (Å²) >= 11 is 6.07. The molecule has 3 rings (SSSR count). The van der Waals surface area contributed by atoms with Crippen molar-refractivity contribution in [2.75, 3.05) is 10.0 Å². The number of nitrogens with one attached hydrogen (secondary N) is 2. The molecule has 0 fully saturated rings. The third-order valence-electron chi connectivity index (χ3n) is 3.99. The van der Waals surface area contributed by atoms with Gasteiger partial charge in [-0.05, 0) is 48.9 Å². The van der Waals surface area contributed by atoms with E-state index in [1.54, 1.807) is 37.3 Å². The van der Waals surface area contributed by atoms with E-state index in [1.165, 1.54) is 30.3 Å². The van der Waals surface area contributed by atoms with Gasteiger partial charge in [0.05, 0.1) is 16.4 Å². The number of anilines is 2. The lowest BCUT2D eigenvalue weighted by atomic mass is 10.2. The lowest BCUT2D eigenvalue weighted by Gasteiger charge is -2.13. The number of hydrogen-bond acceptors (Lipinski definition) is 3. The zero-order valence-electron chi connectivity index (χ0n) is 14.7. The van der Waals surface area contributed by atoms with E-state index in [2.05, 4.69) is 10.0 Å². The molecule has 0 heterocycles. The van der Waals surface area contributed by atoms with Crippen LogP contribution in [0.3, 0.4) is 0 Å². The largest absolute Gasteiger partial charge is 0.319 e. The Morgan fingerprint density at radius 1 is 0.964 bits per heavy atom. The van der Waals surface area contributed by atoms with E-state index in [-0.39, 0.29) is 21.2 Å². The molecule has 0 saturated carbocycles. The Labute approximate surface area is 167 Å². The Morgan fingerprint density at radius 3 is 2.29 bits per heavy atom. The summed E-state index contributed by atoms with van der Waals surface area (Å²) in [6, 6.07) is 16.4. The lowest BCUT2D eigenvalue weighted by Crippen LogP contribution is -2.17. The molecule has 0 aromatic heterocycles. The van der Waals surface area contributed by atoms with Crippen LogP contribution in [0, 0.1) is 12.7 Å². The number of halogens is 2. The van der Waals surface area contributed by atoms with Crippen molar-refractivity contribution < 1.29 is 17.6 Å². The van der Waals surface area contributed by atoms with E-state index in [0.29, 0.717) is 5.69 Å². The molecule has 28 heavy (non-hydrogen) atoms. The monoisotopic (exact) mass is 418 g/mol. The van der Waals surface area contributed by atoms with Crippen molar-refractivity contribution in [2.45, 2.75) is 11.8 Å². The number of carbonyl (C=O) groups excluding carboxylic acids is 1. The van der Waals surface area contributed by atoms with Gasteiger partial charge in [0.15, 0.2) is 0 Å². The van der Waals surface area contributed by atoms with Gasteiger partial charge in [0.2, 0.25) is 0 Å². The minimum absolute atomic E-state index is 0.00936. The smallest absolute Gasteiger partial charge is 0.263 e. The Balaban J connectivity index is 1.92. The van der Waals surface area contributed by atoms with Crippen molar-refractivity contribution in [3.05, 3.63) is 88.7 Å². The highest BCUT2D eigenvalue weighted by Gasteiger charge is 2.21. The predicted octanol–water partition coefficient (Wildman–Crippen LogP) is 4.84. The van der Waals surface area contributed by atoms with Crippen LogP contribution in [-0.4, -0.2) is 14.3 Å². The molecule has 0 spiro atoms. The average Bonchev–Trinajstić information content (AvgIpc) is 2.65. The fourth-order valence-electron chi connectivity index (χ4n) is 2.49. The first-order valence-electron chi connectivity index (χ1n) is 8.22. The molecule has 1 amide bonds. The molecule has 3 aromatic carbocycles. The fourth-order valence-corrected chi connectivity index (χ4v) is 4.15. The molecule has 0 aliphatic heterocycles. The number of benzene rings is 3. The van der Waals surface area contributed by atoms with Crippen LogP contribution in [0.4, 0.5) is 15.8 Å². The number of sulfonamides is 1. The summed E-state index contributed by atoms with van der Waals surface area (Å²) in [5.41, 5.74) is 1.15. The van der Waals surface area contributed by atoms with E-state index in [0.717, 1.165) is 11.6 Å². The summed E-state index contributed by atoms with van der Waals surface area (Å²) in [7, 11) is -4.04. The highest BCUT2D eigenvalue weighted by atomic mass is 35.5. The van der Waals surface area contributed by atoms with Gasteiger partial charge in [-0.1, -0.05) is 41.9 Å². The number of carbonyl (C=O) groups is 1. The van der Waals surface area contributed by atoms with Crippen LogP contribution < -0.4 is 10.0 Å². The number of rotatable bonds is 5. The molecule has 2 N–H and O–H groups in total.